The van der Waals surface area contributed by atoms with Crippen molar-refractivity contribution >= 4 is 10.8 Å². The molecule has 0 aliphatic rings. The first-order valence-electron chi connectivity index (χ1n) is 6.49. The van der Waals surface area contributed by atoms with Crippen molar-refractivity contribution in [1.82, 2.24) is 0 Å². The standard InChI is InChI=1S/C16H20O2/c1-3-12(2)18-11-16(17)15-10-6-8-13-7-4-5-9-14(13)15/h4-10,12,16-17H,3,11H2,1-2H3. The highest BCUT2D eigenvalue weighted by Crippen LogP contribution is 2.24. The van der Waals surface area contributed by atoms with Crippen LogP contribution in [0.4, 0.5) is 0 Å². The van der Waals surface area contributed by atoms with Crippen LogP contribution in [0.15, 0.2) is 42.5 Å². The summed E-state index contributed by atoms with van der Waals surface area (Å²) in [6.07, 6.45) is 0.585. The topological polar surface area (TPSA) is 29.5 Å². The summed E-state index contributed by atoms with van der Waals surface area (Å²) >= 11 is 0. The summed E-state index contributed by atoms with van der Waals surface area (Å²) in [5.74, 6) is 0. The Balaban J connectivity index is 2.19. The second-order valence-corrected chi connectivity index (χ2v) is 4.64. The summed E-state index contributed by atoms with van der Waals surface area (Å²) in [4.78, 5) is 0. The fourth-order valence-electron chi connectivity index (χ4n) is 2.00. The Labute approximate surface area is 108 Å². The molecule has 2 aromatic carbocycles. The van der Waals surface area contributed by atoms with E-state index in [1.165, 1.54) is 0 Å². The van der Waals surface area contributed by atoms with Crippen LogP contribution in [-0.2, 0) is 4.74 Å². The molecule has 2 nitrogen and oxygen atoms in total. The Morgan fingerprint density at radius 1 is 1.11 bits per heavy atom. The van der Waals surface area contributed by atoms with Gasteiger partial charge in [0.2, 0.25) is 0 Å². The predicted octanol–water partition coefficient (Wildman–Crippen LogP) is 3.69. The number of hydrogen-bond donors (Lipinski definition) is 1. The third kappa shape index (κ3) is 2.89. The van der Waals surface area contributed by atoms with Crippen LogP contribution in [0, 0.1) is 0 Å². The van der Waals surface area contributed by atoms with Crippen molar-refractivity contribution in [2.75, 3.05) is 6.61 Å². The van der Waals surface area contributed by atoms with Crippen molar-refractivity contribution in [1.29, 1.82) is 0 Å². The zero-order chi connectivity index (χ0) is 13.0. The van der Waals surface area contributed by atoms with Gasteiger partial charge in [-0.1, -0.05) is 49.4 Å². The average Bonchev–Trinajstić information content (AvgIpc) is 2.43. The number of ether oxygens (including phenoxy) is 1. The molecule has 0 bridgehead atoms. The largest absolute Gasteiger partial charge is 0.386 e. The van der Waals surface area contributed by atoms with Crippen molar-refractivity contribution in [2.45, 2.75) is 32.5 Å². The highest BCUT2D eigenvalue weighted by atomic mass is 16.5. The van der Waals surface area contributed by atoms with Crippen molar-refractivity contribution < 1.29 is 9.84 Å². The fourth-order valence-corrected chi connectivity index (χ4v) is 2.00. The molecule has 0 saturated heterocycles. The molecule has 1 N–H and O–H groups in total. The zero-order valence-electron chi connectivity index (χ0n) is 11.0. The first kappa shape index (κ1) is 13.1. The first-order valence-corrected chi connectivity index (χ1v) is 6.49. The number of hydrogen-bond acceptors (Lipinski definition) is 2. The maximum Gasteiger partial charge on any atom is 0.103 e. The van der Waals surface area contributed by atoms with Gasteiger partial charge in [-0.3, -0.25) is 0 Å². The molecular weight excluding hydrogens is 224 g/mol. The van der Waals surface area contributed by atoms with Gasteiger partial charge in [0.15, 0.2) is 0 Å². The highest BCUT2D eigenvalue weighted by Gasteiger charge is 2.12. The molecule has 0 aliphatic heterocycles. The Bertz CT molecular complexity index is 502. The second kappa shape index (κ2) is 5.98. The molecule has 2 aromatic rings. The average molecular weight is 244 g/mol. The van der Waals surface area contributed by atoms with Gasteiger partial charge in [-0.25, -0.2) is 0 Å². The molecule has 18 heavy (non-hydrogen) atoms. The minimum atomic E-state index is -0.565. The Morgan fingerprint density at radius 2 is 1.83 bits per heavy atom. The van der Waals surface area contributed by atoms with Crippen molar-refractivity contribution in [2.24, 2.45) is 0 Å². The molecule has 0 aromatic heterocycles. The van der Waals surface area contributed by atoms with E-state index in [4.69, 9.17) is 4.74 Å². The van der Waals surface area contributed by atoms with E-state index in [0.717, 1.165) is 22.8 Å². The van der Waals surface area contributed by atoms with Gasteiger partial charge in [-0.15, -0.1) is 0 Å². The van der Waals surface area contributed by atoms with Gasteiger partial charge in [0.1, 0.15) is 6.10 Å². The van der Waals surface area contributed by atoms with Crippen LogP contribution in [0.25, 0.3) is 10.8 Å². The van der Waals surface area contributed by atoms with Crippen LogP contribution < -0.4 is 0 Å². The number of rotatable bonds is 5. The van der Waals surface area contributed by atoms with Crippen LogP contribution >= 0.6 is 0 Å². The zero-order valence-corrected chi connectivity index (χ0v) is 11.0. The Kier molecular flexibility index (Phi) is 4.34. The lowest BCUT2D eigenvalue weighted by molar-refractivity contribution is -0.00322. The summed E-state index contributed by atoms with van der Waals surface area (Å²) in [5.41, 5.74) is 0.941. The van der Waals surface area contributed by atoms with E-state index in [2.05, 4.69) is 19.1 Å². The SMILES string of the molecule is CCC(C)OCC(O)c1cccc2ccccc12. The molecular formula is C16H20O2. The highest BCUT2D eigenvalue weighted by molar-refractivity contribution is 5.85. The second-order valence-electron chi connectivity index (χ2n) is 4.64. The molecule has 0 heterocycles. The maximum absolute atomic E-state index is 10.2. The van der Waals surface area contributed by atoms with Crippen molar-refractivity contribution in [3.05, 3.63) is 48.0 Å². The third-order valence-electron chi connectivity index (χ3n) is 3.30. The molecule has 0 fully saturated rings. The molecule has 2 heteroatoms. The number of benzene rings is 2. The number of aliphatic hydroxyl groups excluding tert-OH is 1. The molecule has 0 spiro atoms. The smallest absolute Gasteiger partial charge is 0.103 e. The molecule has 2 unspecified atom stereocenters. The molecule has 0 radical (unpaired) electrons. The van der Waals surface area contributed by atoms with E-state index in [1.807, 2.05) is 37.3 Å². The third-order valence-corrected chi connectivity index (χ3v) is 3.30. The van der Waals surface area contributed by atoms with E-state index in [0.29, 0.717) is 6.61 Å². The van der Waals surface area contributed by atoms with E-state index in [9.17, 15) is 5.11 Å². The van der Waals surface area contributed by atoms with Crippen LogP contribution in [-0.4, -0.2) is 17.8 Å². The van der Waals surface area contributed by atoms with Crippen LogP contribution in [0.5, 0.6) is 0 Å². The predicted molar refractivity (Wildman–Crippen MR) is 74.6 cm³/mol. The van der Waals surface area contributed by atoms with Gasteiger partial charge >= 0.3 is 0 Å². The van der Waals surface area contributed by atoms with Crippen LogP contribution in [0.1, 0.15) is 31.9 Å². The van der Waals surface area contributed by atoms with Crippen molar-refractivity contribution in [3.63, 3.8) is 0 Å². The Morgan fingerprint density at radius 3 is 2.61 bits per heavy atom. The lowest BCUT2D eigenvalue weighted by Gasteiger charge is -2.17. The quantitative estimate of drug-likeness (QED) is 0.869. The van der Waals surface area contributed by atoms with E-state index < -0.39 is 6.10 Å². The first-order chi connectivity index (χ1) is 8.72. The summed E-state index contributed by atoms with van der Waals surface area (Å²) in [7, 11) is 0. The summed E-state index contributed by atoms with van der Waals surface area (Å²) in [6.45, 7) is 4.45. The Hall–Kier alpha value is -1.38. The fraction of sp³-hybridized carbons (Fsp3) is 0.375. The number of aliphatic hydroxyl groups is 1. The minimum Gasteiger partial charge on any atom is -0.386 e. The molecule has 0 saturated carbocycles. The molecule has 2 rings (SSSR count). The van der Waals surface area contributed by atoms with E-state index in [-0.39, 0.29) is 6.10 Å². The molecule has 0 aliphatic carbocycles. The van der Waals surface area contributed by atoms with Gasteiger partial charge in [0.05, 0.1) is 12.7 Å². The number of fused-ring (bicyclic) bond motifs is 1. The normalized spacial score (nSPS) is 14.6. The summed E-state index contributed by atoms with van der Waals surface area (Å²) in [5, 5.41) is 12.5. The van der Waals surface area contributed by atoms with Gasteiger partial charge in [-0.05, 0) is 29.7 Å². The monoisotopic (exact) mass is 244 g/mol. The molecule has 96 valence electrons. The van der Waals surface area contributed by atoms with E-state index >= 15 is 0 Å². The lowest BCUT2D eigenvalue weighted by Crippen LogP contribution is -2.14. The van der Waals surface area contributed by atoms with Crippen molar-refractivity contribution in [3.8, 4) is 0 Å². The van der Waals surface area contributed by atoms with Crippen LogP contribution in [0.2, 0.25) is 0 Å². The summed E-state index contributed by atoms with van der Waals surface area (Å²) < 4.78 is 5.61. The van der Waals surface area contributed by atoms with Gasteiger partial charge < -0.3 is 9.84 Å². The van der Waals surface area contributed by atoms with E-state index in [1.54, 1.807) is 0 Å². The van der Waals surface area contributed by atoms with Gasteiger partial charge in [-0.2, -0.15) is 0 Å². The summed E-state index contributed by atoms with van der Waals surface area (Å²) in [6, 6.07) is 14.1. The maximum atomic E-state index is 10.2. The minimum absolute atomic E-state index is 0.189. The molecule has 2 atom stereocenters. The van der Waals surface area contributed by atoms with Crippen LogP contribution in [0.3, 0.4) is 0 Å². The lowest BCUT2D eigenvalue weighted by atomic mass is 10.0. The van der Waals surface area contributed by atoms with Gasteiger partial charge in [0.25, 0.3) is 0 Å². The van der Waals surface area contributed by atoms with Gasteiger partial charge in [0, 0.05) is 0 Å². The molecule has 0 amide bonds.